The third kappa shape index (κ3) is 4.45. The summed E-state index contributed by atoms with van der Waals surface area (Å²) in [6.07, 6.45) is 1.24. The maximum atomic E-state index is 12.6. The van der Waals surface area contributed by atoms with Gasteiger partial charge < -0.3 is 20.1 Å². The Morgan fingerprint density at radius 2 is 2.22 bits per heavy atom. The first kappa shape index (κ1) is 18.7. The van der Waals surface area contributed by atoms with Crippen molar-refractivity contribution in [3.05, 3.63) is 34.3 Å². The molecule has 0 radical (unpaired) electrons. The highest BCUT2D eigenvalue weighted by molar-refractivity contribution is 9.10. The smallest absolute Gasteiger partial charge is 0.251 e. The first-order valence-electron chi connectivity index (χ1n) is 7.68. The number of nitrogens with two attached hydrogens (primary N) is 1. The van der Waals surface area contributed by atoms with Gasteiger partial charge in [0.25, 0.3) is 5.91 Å². The molecule has 0 bridgehead atoms. The molecule has 2 N–H and O–H groups in total. The summed E-state index contributed by atoms with van der Waals surface area (Å²) in [4.78, 5) is 14.5. The lowest BCUT2D eigenvalue weighted by Gasteiger charge is -2.34. The fourth-order valence-corrected chi connectivity index (χ4v) is 3.44. The molecule has 0 saturated carbocycles. The number of amides is 1. The second-order valence-electron chi connectivity index (χ2n) is 5.76. The fourth-order valence-electron chi connectivity index (χ4n) is 3.02. The molecule has 2 fully saturated rings. The highest BCUT2D eigenvalue weighted by atomic mass is 79.9. The number of hydrogen-bond donors (Lipinski definition) is 1. The minimum absolute atomic E-state index is 0. The quantitative estimate of drug-likeness (QED) is 0.838. The third-order valence-corrected chi connectivity index (χ3v) is 4.74. The molecule has 5 nitrogen and oxygen atoms in total. The van der Waals surface area contributed by atoms with Gasteiger partial charge in [-0.05, 0) is 30.5 Å². The van der Waals surface area contributed by atoms with E-state index in [1.54, 1.807) is 0 Å². The molecular weight excluding hydrogens is 384 g/mol. The Morgan fingerprint density at radius 3 is 2.91 bits per heavy atom. The molecule has 2 aliphatic heterocycles. The van der Waals surface area contributed by atoms with Crippen molar-refractivity contribution in [2.24, 2.45) is 5.73 Å². The Morgan fingerprint density at radius 1 is 1.39 bits per heavy atom. The molecule has 2 saturated heterocycles. The molecule has 1 amide bonds. The van der Waals surface area contributed by atoms with Crippen molar-refractivity contribution < 1.29 is 14.3 Å². The first-order valence-corrected chi connectivity index (χ1v) is 8.48. The van der Waals surface area contributed by atoms with E-state index in [1.165, 1.54) is 0 Å². The largest absolute Gasteiger partial charge is 0.370 e. The molecule has 128 valence electrons. The maximum absolute atomic E-state index is 12.6. The third-order valence-electron chi connectivity index (χ3n) is 4.24. The summed E-state index contributed by atoms with van der Waals surface area (Å²) in [7, 11) is 0. The van der Waals surface area contributed by atoms with Crippen molar-refractivity contribution in [1.82, 2.24) is 4.90 Å². The van der Waals surface area contributed by atoms with Crippen LogP contribution in [0.15, 0.2) is 28.7 Å². The van der Waals surface area contributed by atoms with E-state index in [0.29, 0.717) is 26.2 Å². The molecule has 7 heteroatoms. The number of morpholine rings is 1. The van der Waals surface area contributed by atoms with Crippen LogP contribution >= 0.6 is 28.3 Å². The van der Waals surface area contributed by atoms with Gasteiger partial charge >= 0.3 is 0 Å². The van der Waals surface area contributed by atoms with Crippen molar-refractivity contribution >= 4 is 34.2 Å². The summed E-state index contributed by atoms with van der Waals surface area (Å²) >= 11 is 3.47. The summed E-state index contributed by atoms with van der Waals surface area (Å²) in [5.74, 6) is 0.0687. The van der Waals surface area contributed by atoms with Crippen LogP contribution in [-0.4, -0.2) is 49.3 Å². The van der Waals surface area contributed by atoms with Crippen molar-refractivity contribution in [2.45, 2.75) is 31.2 Å². The van der Waals surface area contributed by atoms with Gasteiger partial charge in [0.2, 0.25) is 0 Å². The Bertz CT molecular complexity index is 546. The maximum Gasteiger partial charge on any atom is 0.251 e. The van der Waals surface area contributed by atoms with Gasteiger partial charge in [-0.1, -0.05) is 28.1 Å². The molecule has 1 aromatic carbocycles. The molecule has 23 heavy (non-hydrogen) atoms. The van der Waals surface area contributed by atoms with Gasteiger partial charge in [0.15, 0.2) is 0 Å². The van der Waals surface area contributed by atoms with Gasteiger partial charge in [0, 0.05) is 17.6 Å². The van der Waals surface area contributed by atoms with Crippen LogP contribution in [-0.2, 0) is 14.3 Å². The minimum Gasteiger partial charge on any atom is -0.370 e. The zero-order valence-corrected chi connectivity index (χ0v) is 15.2. The van der Waals surface area contributed by atoms with Crippen LogP contribution in [0.5, 0.6) is 0 Å². The van der Waals surface area contributed by atoms with Crippen LogP contribution in [0.3, 0.4) is 0 Å². The Kier molecular flexibility index (Phi) is 6.85. The monoisotopic (exact) mass is 404 g/mol. The van der Waals surface area contributed by atoms with Gasteiger partial charge in [0.05, 0.1) is 19.3 Å². The molecule has 3 rings (SSSR count). The lowest BCUT2D eigenvalue weighted by molar-refractivity contribution is -0.150. The predicted molar refractivity (Wildman–Crippen MR) is 93.6 cm³/mol. The predicted octanol–water partition coefficient (Wildman–Crippen LogP) is 2.28. The molecule has 0 spiro atoms. The summed E-state index contributed by atoms with van der Waals surface area (Å²) in [5, 5.41) is 0. The Hall–Kier alpha value is -0.660. The number of benzene rings is 1. The molecule has 2 heterocycles. The average Bonchev–Trinajstić information content (AvgIpc) is 3.03. The number of carbonyl (C=O) groups excluding carboxylic acids is 1. The topological polar surface area (TPSA) is 64.8 Å². The van der Waals surface area contributed by atoms with Crippen LogP contribution in [0.4, 0.5) is 0 Å². The van der Waals surface area contributed by atoms with E-state index in [9.17, 15) is 4.79 Å². The van der Waals surface area contributed by atoms with Gasteiger partial charge in [0.1, 0.15) is 12.2 Å². The summed E-state index contributed by atoms with van der Waals surface area (Å²) in [6.45, 7) is 2.22. The summed E-state index contributed by atoms with van der Waals surface area (Å²) in [5.41, 5.74) is 6.69. The Labute approximate surface area is 151 Å². The highest BCUT2D eigenvalue weighted by Crippen LogP contribution is 2.27. The van der Waals surface area contributed by atoms with Crippen LogP contribution in [0.2, 0.25) is 0 Å². The van der Waals surface area contributed by atoms with E-state index in [-0.39, 0.29) is 36.6 Å². The molecule has 1 aromatic rings. The summed E-state index contributed by atoms with van der Waals surface area (Å²) < 4.78 is 12.6. The van der Waals surface area contributed by atoms with Crippen molar-refractivity contribution in [2.75, 3.05) is 26.2 Å². The van der Waals surface area contributed by atoms with E-state index < -0.39 is 0 Å². The fraction of sp³-hybridized carbons (Fsp3) is 0.562. The number of carbonyl (C=O) groups is 1. The highest BCUT2D eigenvalue weighted by Gasteiger charge is 2.35. The normalized spacial score (nSPS) is 27.6. The summed E-state index contributed by atoms with van der Waals surface area (Å²) in [6, 6.07) is 8.03. The van der Waals surface area contributed by atoms with Crippen molar-refractivity contribution in [3.8, 4) is 0 Å². The van der Waals surface area contributed by atoms with Crippen molar-refractivity contribution in [3.63, 3.8) is 0 Å². The van der Waals surface area contributed by atoms with Gasteiger partial charge in [-0.2, -0.15) is 0 Å². The number of nitrogens with zero attached hydrogens (tertiary/aromatic N) is 1. The second kappa shape index (κ2) is 8.44. The Balaban J connectivity index is 0.00000192. The number of rotatable bonds is 3. The molecular formula is C16H22BrClN2O3. The molecule has 2 aliphatic rings. The second-order valence-corrected chi connectivity index (χ2v) is 6.67. The lowest BCUT2D eigenvalue weighted by atomic mass is 10.1. The molecule has 3 atom stereocenters. The van der Waals surface area contributed by atoms with E-state index in [4.69, 9.17) is 15.2 Å². The van der Waals surface area contributed by atoms with Gasteiger partial charge in [-0.25, -0.2) is 0 Å². The van der Waals surface area contributed by atoms with E-state index in [2.05, 4.69) is 15.9 Å². The van der Waals surface area contributed by atoms with Crippen LogP contribution in [0, 0.1) is 0 Å². The van der Waals surface area contributed by atoms with Crippen LogP contribution in [0.1, 0.15) is 24.5 Å². The van der Waals surface area contributed by atoms with E-state index >= 15 is 0 Å². The van der Waals surface area contributed by atoms with Gasteiger partial charge in [-0.3, -0.25) is 4.79 Å². The van der Waals surface area contributed by atoms with E-state index in [1.807, 2.05) is 29.2 Å². The lowest BCUT2D eigenvalue weighted by Crippen LogP contribution is -2.46. The molecule has 1 unspecified atom stereocenters. The standard InChI is InChI=1S/C16H21BrN2O3.ClH/c17-12-3-1-2-11(8-12)15-10-19(6-7-21-15)16(20)14-5-4-13(9-18)22-14;/h1-3,8,13-15H,4-7,9-10,18H2;1H/t13-,14+,15?;/m1./s1. The molecule has 0 aliphatic carbocycles. The average molecular weight is 406 g/mol. The number of halogens is 2. The number of ether oxygens (including phenoxy) is 2. The van der Waals surface area contributed by atoms with Crippen LogP contribution < -0.4 is 5.73 Å². The van der Waals surface area contributed by atoms with Crippen LogP contribution in [0.25, 0.3) is 0 Å². The van der Waals surface area contributed by atoms with E-state index in [0.717, 1.165) is 22.9 Å². The molecule has 0 aromatic heterocycles. The first-order chi connectivity index (χ1) is 10.7. The number of hydrogen-bond acceptors (Lipinski definition) is 4. The van der Waals surface area contributed by atoms with Crippen molar-refractivity contribution in [1.29, 1.82) is 0 Å². The minimum atomic E-state index is -0.338. The zero-order valence-electron chi connectivity index (χ0n) is 12.8. The zero-order chi connectivity index (χ0) is 15.5. The van der Waals surface area contributed by atoms with Gasteiger partial charge in [-0.15, -0.1) is 12.4 Å². The SMILES string of the molecule is Cl.NC[C@H]1CC[C@@H](C(=O)N2CCOC(c3cccc(Br)c3)C2)O1.